The summed E-state index contributed by atoms with van der Waals surface area (Å²) in [6.07, 6.45) is 9.89. The smallest absolute Gasteiger partial charge is 0.173 e. The molecule has 6 aliphatic rings. The van der Waals surface area contributed by atoms with Crippen LogP contribution in [0.2, 0.25) is 0 Å². The minimum atomic E-state index is -0.853. The maximum Gasteiger partial charge on any atom is 0.173 e. The van der Waals surface area contributed by atoms with Gasteiger partial charge in [0, 0.05) is 18.1 Å². The Morgan fingerprint density at radius 1 is 1.25 bits per heavy atom. The highest BCUT2D eigenvalue weighted by atomic mass is 16.3. The molecule has 4 bridgehead atoms. The molecule has 1 saturated heterocycles. The Morgan fingerprint density at radius 3 is 2.97 bits per heavy atom. The molecule has 2 aromatic heterocycles. The van der Waals surface area contributed by atoms with E-state index in [0.717, 1.165) is 58.5 Å². The van der Waals surface area contributed by atoms with Crippen molar-refractivity contribution < 1.29 is 5.11 Å². The molecular weight excluding hydrogens is 400 g/mol. The highest BCUT2D eigenvalue weighted by Gasteiger charge is 2.58. The summed E-state index contributed by atoms with van der Waals surface area (Å²) >= 11 is 0. The van der Waals surface area contributed by atoms with Crippen LogP contribution in [0.4, 0.5) is 11.4 Å². The number of rotatable bonds is 5. The quantitative estimate of drug-likeness (QED) is 0.576. The molecule has 0 radical (unpaired) electrons. The molecule has 1 saturated carbocycles. The van der Waals surface area contributed by atoms with E-state index in [0.29, 0.717) is 6.54 Å². The fourth-order valence-electron chi connectivity index (χ4n) is 5.21. The van der Waals surface area contributed by atoms with Crippen LogP contribution < -0.4 is 16.1 Å². The molecule has 3 atom stereocenters. The van der Waals surface area contributed by atoms with E-state index < -0.39 is 5.66 Å². The van der Waals surface area contributed by atoms with Gasteiger partial charge in [0.25, 0.3) is 0 Å². The minimum Gasteiger partial charge on any atom is -0.391 e. The van der Waals surface area contributed by atoms with Crippen LogP contribution >= 0.6 is 0 Å². The van der Waals surface area contributed by atoms with Gasteiger partial charge >= 0.3 is 0 Å². The number of hydrazine groups is 1. The van der Waals surface area contributed by atoms with Crippen molar-refractivity contribution in [3.05, 3.63) is 84.5 Å². The summed E-state index contributed by atoms with van der Waals surface area (Å²) in [6, 6.07) is 12.4. The van der Waals surface area contributed by atoms with Crippen LogP contribution in [0.5, 0.6) is 0 Å². The summed E-state index contributed by atoms with van der Waals surface area (Å²) in [4.78, 5) is 9.11. The molecule has 0 spiro atoms. The molecule has 162 valence electrons. The van der Waals surface area contributed by atoms with Crippen LogP contribution in [0, 0.1) is 0 Å². The van der Waals surface area contributed by atoms with Gasteiger partial charge in [-0.25, -0.2) is 0 Å². The van der Waals surface area contributed by atoms with Crippen LogP contribution in [0.3, 0.4) is 0 Å². The summed E-state index contributed by atoms with van der Waals surface area (Å²) in [6.45, 7) is 4.51. The molecule has 1 unspecified atom stereocenters. The van der Waals surface area contributed by atoms with Crippen LogP contribution in [0.25, 0.3) is 10.9 Å². The van der Waals surface area contributed by atoms with Crippen molar-refractivity contribution in [1.82, 2.24) is 15.0 Å². The van der Waals surface area contributed by atoms with Crippen molar-refractivity contribution >= 4 is 22.3 Å². The summed E-state index contributed by atoms with van der Waals surface area (Å²) in [5.41, 5.74) is 11.9. The highest BCUT2D eigenvalue weighted by molar-refractivity contribution is 5.80. The second-order valence-electron chi connectivity index (χ2n) is 8.79. The summed E-state index contributed by atoms with van der Waals surface area (Å²) in [5, 5.41) is 19.3. The lowest BCUT2D eigenvalue weighted by Gasteiger charge is -2.58. The molecule has 1 aromatic carbocycles. The number of anilines is 2. The van der Waals surface area contributed by atoms with Gasteiger partial charge in [0.2, 0.25) is 0 Å². The number of aliphatic hydroxyl groups excluding tert-OH is 1. The van der Waals surface area contributed by atoms with Crippen LogP contribution in [-0.4, -0.2) is 32.2 Å². The number of aliphatic hydroxyl groups is 1. The molecule has 4 N–H and O–H groups in total. The van der Waals surface area contributed by atoms with Gasteiger partial charge in [-0.2, -0.15) is 5.01 Å². The summed E-state index contributed by atoms with van der Waals surface area (Å²) in [5.74, 6) is 0. The van der Waals surface area contributed by atoms with Crippen molar-refractivity contribution in [2.75, 3.05) is 10.3 Å². The van der Waals surface area contributed by atoms with Gasteiger partial charge in [0.1, 0.15) is 0 Å². The highest BCUT2D eigenvalue weighted by Crippen LogP contribution is 2.53. The predicted octanol–water partition coefficient (Wildman–Crippen LogP) is 3.39. The first-order chi connectivity index (χ1) is 15.6. The van der Waals surface area contributed by atoms with Gasteiger partial charge < -0.3 is 16.2 Å². The van der Waals surface area contributed by atoms with E-state index in [1.807, 2.05) is 36.7 Å². The molecule has 3 aromatic rings. The Labute approximate surface area is 186 Å². The predicted molar refractivity (Wildman–Crippen MR) is 125 cm³/mol. The molecule has 7 heterocycles. The first-order valence-electron chi connectivity index (χ1n) is 11.1. The molecule has 1 aliphatic carbocycles. The Balaban J connectivity index is 1.39. The molecule has 2 fully saturated rings. The summed E-state index contributed by atoms with van der Waals surface area (Å²) < 4.78 is 0. The molecular formula is C25H26N6O. The van der Waals surface area contributed by atoms with Crippen LogP contribution in [0.15, 0.2) is 73.2 Å². The lowest BCUT2D eigenvalue weighted by atomic mass is 9.95. The fourth-order valence-corrected chi connectivity index (χ4v) is 5.21. The Hall–Kier alpha value is -3.26. The van der Waals surface area contributed by atoms with Gasteiger partial charge in [0.05, 0.1) is 46.6 Å². The van der Waals surface area contributed by atoms with Gasteiger partial charge in [-0.1, -0.05) is 24.8 Å². The number of fused-ring (bicyclic) bond motifs is 1. The fraction of sp³-hybridized carbons (Fsp3) is 0.280. The molecule has 32 heavy (non-hydrogen) atoms. The lowest BCUT2D eigenvalue weighted by Crippen LogP contribution is -2.72. The van der Waals surface area contributed by atoms with E-state index in [1.54, 1.807) is 6.08 Å². The number of benzene rings is 1. The largest absolute Gasteiger partial charge is 0.391 e. The normalized spacial score (nSPS) is 27.6. The van der Waals surface area contributed by atoms with E-state index in [1.165, 1.54) is 0 Å². The van der Waals surface area contributed by atoms with Crippen molar-refractivity contribution in [3.8, 4) is 0 Å². The second kappa shape index (κ2) is 7.13. The standard InChI is InChI=1S/C25H26N6O/c1-2-5-24-25(26)23-13-20(29-19-7-3-8-22(19)32)21(14-28-23)31(24)30(25)15-16-9-10-18-17(12-16)6-4-11-27-18/h2,4-6,9-14,19,22,32H,1,3,7-8,15,26H2,(H,28,29)/b24-5+/t19-,22-,25?/m1/s1. The lowest BCUT2D eigenvalue weighted by molar-refractivity contribution is 0.0261. The molecule has 7 nitrogen and oxygen atoms in total. The first kappa shape index (κ1) is 19.4. The van der Waals surface area contributed by atoms with Crippen molar-refractivity contribution in [2.45, 2.75) is 43.6 Å². The van der Waals surface area contributed by atoms with Gasteiger partial charge in [0.15, 0.2) is 5.66 Å². The van der Waals surface area contributed by atoms with E-state index in [2.05, 4.69) is 50.1 Å². The number of allylic oxidation sites excluding steroid dienone is 2. The number of pyridine rings is 2. The Kier molecular flexibility index (Phi) is 4.33. The van der Waals surface area contributed by atoms with E-state index in [-0.39, 0.29) is 12.1 Å². The molecule has 5 aliphatic heterocycles. The Bertz CT molecular complexity index is 1260. The first-order valence-corrected chi connectivity index (χ1v) is 11.1. The number of hydrogen-bond donors (Lipinski definition) is 3. The minimum absolute atomic E-state index is 0.0440. The van der Waals surface area contributed by atoms with E-state index in [4.69, 9.17) is 5.73 Å². The van der Waals surface area contributed by atoms with Crippen molar-refractivity contribution in [1.29, 1.82) is 0 Å². The Morgan fingerprint density at radius 2 is 2.16 bits per heavy atom. The SMILES string of the molecule is C=C/C=C1/N2c3cnc(cc3N[C@@H]3CCC[C@H]3O)C1(N)N2Cc1ccc2ncccc2c1. The zero-order valence-corrected chi connectivity index (χ0v) is 17.8. The topological polar surface area (TPSA) is 90.5 Å². The maximum atomic E-state index is 10.3. The number of nitrogens with one attached hydrogen (secondary N) is 1. The average molecular weight is 427 g/mol. The zero-order valence-electron chi connectivity index (χ0n) is 17.8. The van der Waals surface area contributed by atoms with Gasteiger partial charge in [-0.05, 0) is 55.2 Å². The molecule has 0 amide bonds. The number of aromatic nitrogens is 2. The van der Waals surface area contributed by atoms with Crippen molar-refractivity contribution in [3.63, 3.8) is 0 Å². The monoisotopic (exact) mass is 426 g/mol. The van der Waals surface area contributed by atoms with E-state index in [9.17, 15) is 5.11 Å². The second-order valence-corrected chi connectivity index (χ2v) is 8.79. The molecule has 9 rings (SSSR count). The maximum absolute atomic E-state index is 10.3. The van der Waals surface area contributed by atoms with Gasteiger partial charge in [-0.15, -0.1) is 0 Å². The third-order valence-electron chi connectivity index (χ3n) is 6.86. The number of hydrogen-bond acceptors (Lipinski definition) is 7. The van der Waals surface area contributed by atoms with Crippen LogP contribution in [0.1, 0.15) is 30.5 Å². The molecule has 7 heteroatoms. The van der Waals surface area contributed by atoms with E-state index >= 15 is 0 Å². The number of nitrogens with zero attached hydrogens (tertiary/aromatic N) is 4. The third-order valence-corrected chi connectivity index (χ3v) is 6.86. The average Bonchev–Trinajstić information content (AvgIpc) is 3.03. The van der Waals surface area contributed by atoms with Crippen molar-refractivity contribution in [2.24, 2.45) is 5.73 Å². The zero-order chi connectivity index (χ0) is 21.9. The van der Waals surface area contributed by atoms with Crippen LogP contribution in [-0.2, 0) is 12.2 Å². The third kappa shape index (κ3) is 2.72. The summed E-state index contributed by atoms with van der Waals surface area (Å²) in [7, 11) is 0. The van der Waals surface area contributed by atoms with Gasteiger partial charge in [-0.3, -0.25) is 15.0 Å². The number of nitrogens with two attached hydrogens (primary N) is 1.